The Hall–Kier alpha value is -1.98. The lowest BCUT2D eigenvalue weighted by atomic mass is 10.1. The Balaban J connectivity index is 1.70. The monoisotopic (exact) mass is 377 g/mol. The van der Waals surface area contributed by atoms with Crippen LogP contribution in [0.1, 0.15) is 16.7 Å². The molecule has 2 aromatic carbocycles. The van der Waals surface area contributed by atoms with Gasteiger partial charge in [0.15, 0.2) is 6.61 Å². The van der Waals surface area contributed by atoms with Gasteiger partial charge in [-0.25, -0.2) is 0 Å². The van der Waals surface area contributed by atoms with Crippen molar-refractivity contribution >= 4 is 40.9 Å². The molecule has 0 saturated carbocycles. The molecule has 0 spiro atoms. The van der Waals surface area contributed by atoms with E-state index >= 15 is 0 Å². The van der Waals surface area contributed by atoms with Crippen LogP contribution in [0.3, 0.4) is 0 Å². The van der Waals surface area contributed by atoms with E-state index in [0.29, 0.717) is 10.8 Å². The molecule has 1 N–H and O–H groups in total. The molecule has 0 aromatic heterocycles. The van der Waals surface area contributed by atoms with Crippen molar-refractivity contribution in [2.75, 3.05) is 17.7 Å². The van der Waals surface area contributed by atoms with E-state index in [2.05, 4.69) is 5.32 Å². The van der Waals surface area contributed by atoms with Crippen molar-refractivity contribution < 1.29 is 14.3 Å². The summed E-state index contributed by atoms with van der Waals surface area (Å²) in [5.74, 6) is 0.00947. The number of nitrogens with one attached hydrogen (secondary N) is 1. The molecule has 4 nitrogen and oxygen atoms in total. The minimum absolute atomic E-state index is 0.169. The number of amides is 1. The molecular weight excluding hydrogens is 358 g/mol. The first-order valence-corrected chi connectivity index (χ1v) is 9.33. The van der Waals surface area contributed by atoms with E-state index in [1.165, 1.54) is 11.8 Å². The van der Waals surface area contributed by atoms with Crippen LogP contribution in [-0.2, 0) is 20.1 Å². The van der Waals surface area contributed by atoms with Crippen LogP contribution in [0.15, 0.2) is 42.5 Å². The number of rotatable bonds is 7. The molecule has 0 aliphatic heterocycles. The van der Waals surface area contributed by atoms with Crippen molar-refractivity contribution in [1.82, 2.24) is 0 Å². The van der Waals surface area contributed by atoms with Gasteiger partial charge in [0, 0.05) is 16.5 Å². The highest BCUT2D eigenvalue weighted by Crippen LogP contribution is 2.20. The number of anilines is 1. The molecule has 0 atom stereocenters. The zero-order chi connectivity index (χ0) is 18.2. The highest BCUT2D eigenvalue weighted by molar-refractivity contribution is 7.99. The summed E-state index contributed by atoms with van der Waals surface area (Å²) in [6.45, 7) is 3.61. The second kappa shape index (κ2) is 9.49. The number of benzene rings is 2. The van der Waals surface area contributed by atoms with E-state index in [4.69, 9.17) is 16.3 Å². The third-order valence-electron chi connectivity index (χ3n) is 3.46. The van der Waals surface area contributed by atoms with Gasteiger partial charge in [-0.05, 0) is 37.1 Å². The molecule has 0 radical (unpaired) electrons. The molecule has 0 bridgehead atoms. The number of thioether (sulfide) groups is 1. The molecule has 132 valence electrons. The van der Waals surface area contributed by atoms with Gasteiger partial charge in [-0.2, -0.15) is 0 Å². The van der Waals surface area contributed by atoms with E-state index in [1.54, 1.807) is 0 Å². The fraction of sp³-hybridized carbons (Fsp3) is 0.263. The average Bonchev–Trinajstić information content (AvgIpc) is 2.57. The summed E-state index contributed by atoms with van der Waals surface area (Å²) in [6, 6.07) is 13.2. The minimum Gasteiger partial charge on any atom is -0.455 e. The van der Waals surface area contributed by atoms with Gasteiger partial charge in [-0.15, -0.1) is 11.8 Å². The molecule has 0 aliphatic carbocycles. The van der Waals surface area contributed by atoms with Crippen molar-refractivity contribution in [2.45, 2.75) is 19.6 Å². The highest BCUT2D eigenvalue weighted by atomic mass is 35.5. The van der Waals surface area contributed by atoms with Gasteiger partial charge in [0.25, 0.3) is 5.91 Å². The number of ether oxygens (including phenoxy) is 1. The lowest BCUT2D eigenvalue weighted by Crippen LogP contribution is -2.22. The molecule has 6 heteroatoms. The van der Waals surface area contributed by atoms with Crippen molar-refractivity contribution in [1.29, 1.82) is 0 Å². The van der Waals surface area contributed by atoms with Crippen LogP contribution in [-0.4, -0.2) is 24.2 Å². The Morgan fingerprint density at radius 3 is 2.64 bits per heavy atom. The van der Waals surface area contributed by atoms with Gasteiger partial charge in [0.1, 0.15) is 0 Å². The average molecular weight is 378 g/mol. The Labute approximate surface area is 156 Å². The Kier molecular flexibility index (Phi) is 7.34. The minimum atomic E-state index is -0.423. The molecule has 0 heterocycles. The van der Waals surface area contributed by atoms with Gasteiger partial charge >= 0.3 is 5.97 Å². The highest BCUT2D eigenvalue weighted by Gasteiger charge is 2.10. The quantitative estimate of drug-likeness (QED) is 0.728. The molecule has 0 saturated heterocycles. The zero-order valence-electron chi connectivity index (χ0n) is 14.2. The molecular formula is C19H20ClNO3S. The number of esters is 1. The molecule has 0 fully saturated rings. The Morgan fingerprint density at radius 2 is 1.92 bits per heavy atom. The summed E-state index contributed by atoms with van der Waals surface area (Å²) >= 11 is 7.46. The van der Waals surface area contributed by atoms with Crippen LogP contribution in [0.2, 0.25) is 5.02 Å². The lowest BCUT2D eigenvalue weighted by Gasteiger charge is -2.09. The van der Waals surface area contributed by atoms with Gasteiger partial charge < -0.3 is 10.1 Å². The topological polar surface area (TPSA) is 55.4 Å². The van der Waals surface area contributed by atoms with Crippen LogP contribution < -0.4 is 5.32 Å². The van der Waals surface area contributed by atoms with Crippen molar-refractivity contribution in [2.24, 2.45) is 0 Å². The number of carbonyl (C=O) groups is 2. The molecule has 0 aliphatic rings. The van der Waals surface area contributed by atoms with E-state index < -0.39 is 5.97 Å². The number of halogens is 1. The van der Waals surface area contributed by atoms with Crippen LogP contribution in [0.5, 0.6) is 0 Å². The molecule has 2 aromatic rings. The summed E-state index contributed by atoms with van der Waals surface area (Å²) in [7, 11) is 0. The number of aryl methyl sites for hydroxylation is 2. The maximum atomic E-state index is 11.9. The first kappa shape index (κ1) is 19.3. The summed E-state index contributed by atoms with van der Waals surface area (Å²) in [5.41, 5.74) is 3.78. The van der Waals surface area contributed by atoms with E-state index in [1.807, 2.05) is 56.3 Å². The van der Waals surface area contributed by atoms with Crippen LogP contribution in [0.25, 0.3) is 0 Å². The maximum absolute atomic E-state index is 11.9. The molecule has 0 unspecified atom stereocenters. The van der Waals surface area contributed by atoms with E-state index in [0.717, 1.165) is 22.4 Å². The second-order valence-electron chi connectivity index (χ2n) is 5.61. The van der Waals surface area contributed by atoms with Crippen LogP contribution in [0.4, 0.5) is 5.69 Å². The molecule has 1 amide bonds. The van der Waals surface area contributed by atoms with Crippen molar-refractivity contribution in [3.8, 4) is 0 Å². The van der Waals surface area contributed by atoms with Crippen molar-refractivity contribution in [3.63, 3.8) is 0 Å². The smallest absolute Gasteiger partial charge is 0.316 e. The van der Waals surface area contributed by atoms with E-state index in [-0.39, 0.29) is 18.3 Å². The van der Waals surface area contributed by atoms with Crippen molar-refractivity contribution in [3.05, 3.63) is 64.2 Å². The Bertz CT molecular complexity index is 764. The summed E-state index contributed by atoms with van der Waals surface area (Å²) < 4.78 is 5.00. The molecule has 2 rings (SSSR count). The van der Waals surface area contributed by atoms with Crippen LogP contribution in [0, 0.1) is 13.8 Å². The second-order valence-corrected chi connectivity index (χ2v) is 7.00. The summed E-state index contributed by atoms with van der Waals surface area (Å²) in [6.07, 6.45) is 0. The largest absolute Gasteiger partial charge is 0.455 e. The third kappa shape index (κ3) is 6.44. The first-order valence-electron chi connectivity index (χ1n) is 7.79. The lowest BCUT2D eigenvalue weighted by molar-refractivity contribution is -0.144. The maximum Gasteiger partial charge on any atom is 0.316 e. The van der Waals surface area contributed by atoms with Gasteiger partial charge in [0.05, 0.1) is 5.75 Å². The van der Waals surface area contributed by atoms with Gasteiger partial charge in [-0.3, -0.25) is 9.59 Å². The first-order chi connectivity index (χ1) is 12.0. The SMILES string of the molecule is Cc1ccc(NC(=O)COC(=O)CSCc2ccccc2Cl)c(C)c1. The predicted octanol–water partition coefficient (Wildman–Crippen LogP) is 4.37. The fourth-order valence-electron chi connectivity index (χ4n) is 2.19. The zero-order valence-corrected chi connectivity index (χ0v) is 15.7. The summed E-state index contributed by atoms with van der Waals surface area (Å²) in [5, 5.41) is 3.42. The predicted molar refractivity (Wildman–Crippen MR) is 103 cm³/mol. The summed E-state index contributed by atoms with van der Waals surface area (Å²) in [4.78, 5) is 23.6. The van der Waals surface area contributed by atoms with Gasteiger partial charge in [0.2, 0.25) is 0 Å². The fourth-order valence-corrected chi connectivity index (χ4v) is 3.29. The third-order valence-corrected chi connectivity index (χ3v) is 4.78. The standard InChI is InChI=1S/C19H20ClNO3S/c1-13-7-8-17(14(2)9-13)21-18(22)10-24-19(23)12-25-11-15-5-3-4-6-16(15)20/h3-9H,10-12H2,1-2H3,(H,21,22). The number of hydrogen-bond acceptors (Lipinski definition) is 4. The van der Waals surface area contributed by atoms with Gasteiger partial charge in [-0.1, -0.05) is 47.5 Å². The Morgan fingerprint density at radius 1 is 1.16 bits per heavy atom. The normalized spacial score (nSPS) is 10.4. The number of hydrogen-bond donors (Lipinski definition) is 1. The van der Waals surface area contributed by atoms with Crippen LogP contribution >= 0.6 is 23.4 Å². The number of carbonyl (C=O) groups excluding carboxylic acids is 2. The molecule has 25 heavy (non-hydrogen) atoms. The van der Waals surface area contributed by atoms with E-state index in [9.17, 15) is 9.59 Å².